The molecule has 3 N–H and O–H groups in total. The molecule has 0 bridgehead atoms. The zero-order valence-electron chi connectivity index (χ0n) is 13.9. The number of esters is 1. The van der Waals surface area contributed by atoms with Crippen molar-refractivity contribution in [3.05, 3.63) is 22.5 Å². The van der Waals surface area contributed by atoms with Gasteiger partial charge in [-0.3, -0.25) is 4.79 Å². The van der Waals surface area contributed by atoms with Gasteiger partial charge in [0.15, 0.2) is 6.61 Å². The maximum atomic E-state index is 12.1. The van der Waals surface area contributed by atoms with E-state index in [0.717, 1.165) is 18.5 Å². The molecule has 0 unspecified atom stereocenters. The van der Waals surface area contributed by atoms with E-state index in [-0.39, 0.29) is 24.2 Å². The molecule has 0 fully saturated rings. The SMILES string of the molecule is CCC[C@H](C)NC(=O)COC(=O)c1[nH]c(C)c([C@H](C)O)c1C. The number of aromatic nitrogens is 1. The number of aryl methyl sites for hydroxylation is 1. The van der Waals surface area contributed by atoms with Gasteiger partial charge in [-0.1, -0.05) is 13.3 Å². The van der Waals surface area contributed by atoms with Crippen LogP contribution in [0.1, 0.15) is 67.0 Å². The summed E-state index contributed by atoms with van der Waals surface area (Å²) >= 11 is 0. The molecule has 124 valence electrons. The van der Waals surface area contributed by atoms with Crippen LogP contribution in [0.25, 0.3) is 0 Å². The van der Waals surface area contributed by atoms with Crippen LogP contribution in [-0.2, 0) is 9.53 Å². The van der Waals surface area contributed by atoms with Gasteiger partial charge in [0, 0.05) is 17.3 Å². The number of H-pyrrole nitrogens is 1. The van der Waals surface area contributed by atoms with Gasteiger partial charge in [0.25, 0.3) is 5.91 Å². The molecule has 22 heavy (non-hydrogen) atoms. The monoisotopic (exact) mass is 310 g/mol. The molecule has 2 atom stereocenters. The topological polar surface area (TPSA) is 91.4 Å². The molecule has 0 spiro atoms. The fourth-order valence-electron chi connectivity index (χ4n) is 2.62. The first-order valence-electron chi connectivity index (χ1n) is 7.61. The molecular weight excluding hydrogens is 284 g/mol. The van der Waals surface area contributed by atoms with Crippen molar-refractivity contribution in [1.82, 2.24) is 10.3 Å². The van der Waals surface area contributed by atoms with Gasteiger partial charge in [-0.25, -0.2) is 4.79 Å². The first-order valence-corrected chi connectivity index (χ1v) is 7.61. The number of hydrogen-bond donors (Lipinski definition) is 3. The second kappa shape index (κ2) is 7.98. The van der Waals surface area contributed by atoms with Crippen LogP contribution >= 0.6 is 0 Å². The number of aromatic amines is 1. The maximum Gasteiger partial charge on any atom is 0.355 e. The van der Waals surface area contributed by atoms with Gasteiger partial charge >= 0.3 is 5.97 Å². The van der Waals surface area contributed by atoms with Crippen molar-refractivity contribution in [2.75, 3.05) is 6.61 Å². The average molecular weight is 310 g/mol. The van der Waals surface area contributed by atoms with Crippen LogP contribution in [0.3, 0.4) is 0 Å². The van der Waals surface area contributed by atoms with Crippen molar-refractivity contribution in [1.29, 1.82) is 0 Å². The van der Waals surface area contributed by atoms with Crippen molar-refractivity contribution < 1.29 is 19.4 Å². The fraction of sp³-hybridized carbons (Fsp3) is 0.625. The largest absolute Gasteiger partial charge is 0.451 e. The van der Waals surface area contributed by atoms with Gasteiger partial charge in [-0.15, -0.1) is 0 Å². The number of aliphatic hydroxyl groups is 1. The highest BCUT2D eigenvalue weighted by Gasteiger charge is 2.21. The molecule has 6 heteroatoms. The molecule has 0 aliphatic heterocycles. The van der Waals surface area contributed by atoms with Gasteiger partial charge in [0.1, 0.15) is 5.69 Å². The Morgan fingerprint density at radius 2 is 1.95 bits per heavy atom. The highest BCUT2D eigenvalue weighted by atomic mass is 16.5. The van der Waals surface area contributed by atoms with Crippen LogP contribution in [0.15, 0.2) is 0 Å². The summed E-state index contributed by atoms with van der Waals surface area (Å²) in [7, 11) is 0. The van der Waals surface area contributed by atoms with E-state index in [2.05, 4.69) is 10.3 Å². The zero-order chi connectivity index (χ0) is 16.9. The van der Waals surface area contributed by atoms with Gasteiger partial charge in [-0.2, -0.15) is 0 Å². The van der Waals surface area contributed by atoms with Crippen LogP contribution in [0.4, 0.5) is 0 Å². The number of ether oxygens (including phenoxy) is 1. The van der Waals surface area contributed by atoms with E-state index in [1.165, 1.54) is 0 Å². The van der Waals surface area contributed by atoms with E-state index >= 15 is 0 Å². The molecule has 1 aromatic heterocycles. The molecule has 1 rings (SSSR count). The molecule has 1 heterocycles. The van der Waals surface area contributed by atoms with Crippen LogP contribution in [0, 0.1) is 13.8 Å². The summed E-state index contributed by atoms with van der Waals surface area (Å²) in [6.07, 6.45) is 1.19. The molecule has 0 aliphatic rings. The minimum Gasteiger partial charge on any atom is -0.451 e. The van der Waals surface area contributed by atoms with Crippen LogP contribution < -0.4 is 5.32 Å². The molecule has 0 radical (unpaired) electrons. The lowest BCUT2D eigenvalue weighted by Crippen LogP contribution is -2.35. The second-order valence-electron chi connectivity index (χ2n) is 5.67. The molecular formula is C16H26N2O4. The quantitative estimate of drug-likeness (QED) is 0.673. The van der Waals surface area contributed by atoms with Crippen LogP contribution in [-0.4, -0.2) is 34.6 Å². The van der Waals surface area contributed by atoms with Crippen molar-refractivity contribution in [3.63, 3.8) is 0 Å². The molecule has 0 saturated heterocycles. The number of nitrogens with one attached hydrogen (secondary N) is 2. The van der Waals surface area contributed by atoms with E-state index in [4.69, 9.17) is 4.74 Å². The summed E-state index contributed by atoms with van der Waals surface area (Å²) in [6, 6.07) is 0.0625. The summed E-state index contributed by atoms with van der Waals surface area (Å²) in [4.78, 5) is 26.7. The van der Waals surface area contributed by atoms with E-state index in [1.807, 2.05) is 13.8 Å². The normalized spacial score (nSPS) is 13.5. The van der Waals surface area contributed by atoms with Gasteiger partial charge in [0.05, 0.1) is 6.10 Å². The molecule has 1 aromatic rings. The summed E-state index contributed by atoms with van der Waals surface area (Å²) in [5.41, 5.74) is 2.34. The lowest BCUT2D eigenvalue weighted by molar-refractivity contribution is -0.124. The van der Waals surface area contributed by atoms with E-state index in [9.17, 15) is 14.7 Å². The summed E-state index contributed by atoms with van der Waals surface area (Å²) < 4.78 is 5.03. The average Bonchev–Trinajstić information content (AvgIpc) is 2.71. The predicted octanol–water partition coefficient (Wildman–Crippen LogP) is 2.15. The zero-order valence-corrected chi connectivity index (χ0v) is 13.9. The van der Waals surface area contributed by atoms with Gasteiger partial charge in [0.2, 0.25) is 0 Å². The van der Waals surface area contributed by atoms with Crippen molar-refractivity contribution in [3.8, 4) is 0 Å². The Morgan fingerprint density at radius 3 is 2.45 bits per heavy atom. The molecule has 0 saturated carbocycles. The first kappa shape index (κ1) is 18.2. The second-order valence-corrected chi connectivity index (χ2v) is 5.67. The summed E-state index contributed by atoms with van der Waals surface area (Å²) in [5, 5.41) is 12.5. The molecule has 0 aliphatic carbocycles. The predicted molar refractivity (Wildman–Crippen MR) is 83.7 cm³/mol. The Hall–Kier alpha value is -1.82. The number of carbonyl (C=O) groups is 2. The Morgan fingerprint density at radius 1 is 1.32 bits per heavy atom. The van der Waals surface area contributed by atoms with E-state index in [0.29, 0.717) is 11.1 Å². The molecule has 0 aromatic carbocycles. The lowest BCUT2D eigenvalue weighted by Gasteiger charge is -2.12. The Labute approximate surface area is 131 Å². The number of carbonyl (C=O) groups excluding carboxylic acids is 2. The molecule has 6 nitrogen and oxygen atoms in total. The number of rotatable bonds is 7. The molecule has 1 amide bonds. The minimum atomic E-state index is -0.670. The smallest absolute Gasteiger partial charge is 0.355 e. The standard InChI is InChI=1S/C16H26N2O4/c1-6-7-9(2)17-13(20)8-22-16(21)15-10(3)14(12(5)19)11(4)18-15/h9,12,18-19H,6-8H2,1-5H3,(H,17,20)/t9-,12-/m0/s1. The van der Waals surface area contributed by atoms with Crippen molar-refractivity contribution >= 4 is 11.9 Å². The third-order valence-corrected chi connectivity index (χ3v) is 3.58. The Kier molecular flexibility index (Phi) is 6.61. The fourth-order valence-corrected chi connectivity index (χ4v) is 2.62. The minimum absolute atomic E-state index is 0.0625. The number of amides is 1. The highest BCUT2D eigenvalue weighted by Crippen LogP contribution is 2.24. The van der Waals surface area contributed by atoms with Crippen LogP contribution in [0.5, 0.6) is 0 Å². The Bertz CT molecular complexity index is 534. The number of hydrogen-bond acceptors (Lipinski definition) is 4. The van der Waals surface area contributed by atoms with Crippen molar-refractivity contribution in [2.45, 2.75) is 59.6 Å². The first-order chi connectivity index (χ1) is 10.3. The Balaban J connectivity index is 2.63. The lowest BCUT2D eigenvalue weighted by atomic mass is 10.1. The van der Waals surface area contributed by atoms with E-state index < -0.39 is 12.1 Å². The maximum absolute atomic E-state index is 12.1. The third-order valence-electron chi connectivity index (χ3n) is 3.58. The van der Waals surface area contributed by atoms with Gasteiger partial charge < -0.3 is 20.1 Å². The summed E-state index contributed by atoms with van der Waals surface area (Å²) in [5.74, 6) is -0.906. The van der Waals surface area contributed by atoms with Crippen molar-refractivity contribution in [2.24, 2.45) is 0 Å². The third kappa shape index (κ3) is 4.59. The number of aliphatic hydroxyl groups excluding tert-OH is 1. The van der Waals surface area contributed by atoms with Crippen LogP contribution in [0.2, 0.25) is 0 Å². The highest BCUT2D eigenvalue weighted by molar-refractivity contribution is 5.91. The van der Waals surface area contributed by atoms with Gasteiger partial charge in [-0.05, 0) is 39.7 Å². The summed E-state index contributed by atoms with van der Waals surface area (Å²) in [6.45, 7) is 8.81. The van der Waals surface area contributed by atoms with E-state index in [1.54, 1.807) is 20.8 Å².